The maximum atomic E-state index is 12.6. The summed E-state index contributed by atoms with van der Waals surface area (Å²) >= 11 is 0. The van der Waals surface area contributed by atoms with Crippen molar-refractivity contribution in [2.24, 2.45) is 5.73 Å². The summed E-state index contributed by atoms with van der Waals surface area (Å²) in [5.74, 6) is -1.79. The van der Waals surface area contributed by atoms with Gasteiger partial charge in [0.15, 0.2) is 0 Å². The molecule has 0 spiro atoms. The maximum Gasteiger partial charge on any atom is 0.472 e. The third kappa shape index (κ3) is 34.7. The Morgan fingerprint density at radius 3 is 1.69 bits per heavy atom. The summed E-state index contributed by atoms with van der Waals surface area (Å²) < 4.78 is 33.2. The Kier molecular flexibility index (Phi) is 33.8. The van der Waals surface area contributed by atoms with E-state index in [1.165, 1.54) is 83.5 Å². The number of aliphatic carboxylic acids is 1. The number of carboxylic acid groups (broad SMARTS) is 1. The lowest BCUT2D eigenvalue weighted by molar-refractivity contribution is -0.154. The summed E-state index contributed by atoms with van der Waals surface area (Å²) in [6.45, 7) is 3.83. The molecule has 0 rings (SSSR count). The van der Waals surface area contributed by atoms with Gasteiger partial charge in [0.05, 0.1) is 19.8 Å². The van der Waals surface area contributed by atoms with Gasteiger partial charge in [0.25, 0.3) is 0 Å². The zero-order valence-electron chi connectivity index (χ0n) is 31.0. The van der Waals surface area contributed by atoms with Gasteiger partial charge < -0.3 is 25.2 Å². The third-order valence-electron chi connectivity index (χ3n) is 8.23. The normalized spacial score (nSPS) is 14.4. The molecule has 0 aliphatic carbocycles. The molecule has 10 nitrogen and oxygen atoms in total. The van der Waals surface area contributed by atoms with Crippen molar-refractivity contribution in [3.8, 4) is 0 Å². The van der Waals surface area contributed by atoms with E-state index in [4.69, 9.17) is 24.8 Å². The van der Waals surface area contributed by atoms with E-state index in [-0.39, 0.29) is 13.0 Å². The fraction of sp³-hybridized carbons (Fsp3) is 0.842. The van der Waals surface area contributed by atoms with Crippen LogP contribution in [0, 0.1) is 0 Å². The molecular formula is C38H72NO9P. The van der Waals surface area contributed by atoms with Crippen LogP contribution in [0.1, 0.15) is 168 Å². The Labute approximate surface area is 298 Å². The molecule has 3 unspecified atom stereocenters. The number of carbonyl (C=O) groups excluding carboxylic acids is 1. The highest BCUT2D eigenvalue weighted by Gasteiger charge is 2.27. The lowest BCUT2D eigenvalue weighted by Gasteiger charge is -2.20. The van der Waals surface area contributed by atoms with Crippen molar-refractivity contribution in [2.75, 3.05) is 26.4 Å². The number of hydrogen-bond acceptors (Lipinski definition) is 8. The minimum absolute atomic E-state index is 0.0145. The van der Waals surface area contributed by atoms with Crippen LogP contribution in [0.15, 0.2) is 24.3 Å². The molecule has 3 atom stereocenters. The van der Waals surface area contributed by atoms with Gasteiger partial charge in [-0.1, -0.05) is 141 Å². The highest BCUT2D eigenvalue weighted by Crippen LogP contribution is 2.43. The third-order valence-corrected chi connectivity index (χ3v) is 9.18. The Morgan fingerprint density at radius 2 is 1.12 bits per heavy atom. The summed E-state index contributed by atoms with van der Waals surface area (Å²) in [7, 11) is -4.61. The van der Waals surface area contributed by atoms with Crippen molar-refractivity contribution in [1.29, 1.82) is 0 Å². The second-order valence-corrected chi connectivity index (χ2v) is 14.5. The Morgan fingerprint density at radius 1 is 0.653 bits per heavy atom. The number of unbranched alkanes of at least 4 members (excludes halogenated alkanes) is 19. The van der Waals surface area contributed by atoms with Crippen molar-refractivity contribution < 1.29 is 42.7 Å². The maximum absolute atomic E-state index is 12.6. The SMILES string of the molecule is CCCCC/C=C\C/C=C\CCCCCCCC(=O)OC(COCCCCCCCCCCCCCC)COP(=O)(O)OCC(N)C(=O)O. The molecular weight excluding hydrogens is 645 g/mol. The summed E-state index contributed by atoms with van der Waals surface area (Å²) in [6, 6.07) is -1.47. The molecule has 0 bridgehead atoms. The van der Waals surface area contributed by atoms with Crippen molar-refractivity contribution in [2.45, 2.75) is 180 Å². The van der Waals surface area contributed by atoms with Gasteiger partial charge >= 0.3 is 19.8 Å². The summed E-state index contributed by atoms with van der Waals surface area (Å²) in [5.41, 5.74) is 5.33. The Bertz CT molecular complexity index is 883. The second-order valence-electron chi connectivity index (χ2n) is 13.1. The van der Waals surface area contributed by atoms with E-state index in [0.717, 1.165) is 57.8 Å². The minimum Gasteiger partial charge on any atom is -0.480 e. The zero-order chi connectivity index (χ0) is 36.3. The Balaban J connectivity index is 4.32. The van der Waals surface area contributed by atoms with Gasteiger partial charge in [0.1, 0.15) is 12.1 Å². The van der Waals surface area contributed by atoms with E-state index >= 15 is 0 Å². The molecule has 0 saturated carbocycles. The predicted molar refractivity (Wildman–Crippen MR) is 198 cm³/mol. The number of ether oxygens (including phenoxy) is 2. The monoisotopic (exact) mass is 717 g/mol. The topological polar surface area (TPSA) is 155 Å². The van der Waals surface area contributed by atoms with E-state index in [1.54, 1.807) is 0 Å². The molecule has 11 heteroatoms. The number of hydrogen-bond donors (Lipinski definition) is 3. The molecule has 0 radical (unpaired) electrons. The highest BCUT2D eigenvalue weighted by atomic mass is 31.2. The number of phosphoric acid groups is 1. The van der Waals surface area contributed by atoms with Crippen LogP contribution >= 0.6 is 7.82 Å². The van der Waals surface area contributed by atoms with Gasteiger partial charge in [-0.3, -0.25) is 18.6 Å². The van der Waals surface area contributed by atoms with Crippen LogP contribution < -0.4 is 5.73 Å². The minimum atomic E-state index is -4.61. The number of nitrogens with two attached hydrogens (primary N) is 1. The number of carbonyl (C=O) groups is 2. The smallest absolute Gasteiger partial charge is 0.472 e. The largest absolute Gasteiger partial charge is 0.480 e. The zero-order valence-corrected chi connectivity index (χ0v) is 31.9. The van der Waals surface area contributed by atoms with Crippen LogP contribution in [0.3, 0.4) is 0 Å². The highest BCUT2D eigenvalue weighted by molar-refractivity contribution is 7.47. The molecule has 0 aliphatic rings. The van der Waals surface area contributed by atoms with E-state index in [0.29, 0.717) is 13.0 Å². The van der Waals surface area contributed by atoms with Crippen LogP contribution in [0.25, 0.3) is 0 Å². The lowest BCUT2D eigenvalue weighted by Crippen LogP contribution is -2.34. The molecule has 49 heavy (non-hydrogen) atoms. The standard InChI is InChI=1S/C38H72NO9P/c1-3-5-7-9-11-13-15-17-18-19-20-22-24-26-28-30-37(40)48-35(33-46-49(43,44)47-34-36(39)38(41)42)32-45-31-29-27-25-23-21-16-14-12-10-8-6-4-2/h11,13,17-18,35-36H,3-10,12,14-16,19-34,39H2,1-2H3,(H,41,42)(H,43,44)/b13-11-,18-17-. The number of phosphoric ester groups is 1. The first-order chi connectivity index (χ1) is 23.7. The van der Waals surface area contributed by atoms with Crippen LogP contribution in [-0.2, 0) is 32.7 Å². The van der Waals surface area contributed by atoms with E-state index in [2.05, 4.69) is 42.7 Å². The van der Waals surface area contributed by atoms with Crippen LogP contribution in [0.5, 0.6) is 0 Å². The van der Waals surface area contributed by atoms with Gasteiger partial charge in [-0.05, 0) is 44.9 Å². The molecule has 0 aromatic rings. The van der Waals surface area contributed by atoms with Crippen LogP contribution in [-0.4, -0.2) is 60.5 Å². The molecule has 0 amide bonds. The van der Waals surface area contributed by atoms with Gasteiger partial charge in [-0.2, -0.15) is 0 Å². The van der Waals surface area contributed by atoms with Crippen LogP contribution in [0.2, 0.25) is 0 Å². The lowest BCUT2D eigenvalue weighted by atomic mass is 10.1. The molecule has 0 heterocycles. The van der Waals surface area contributed by atoms with Crippen molar-refractivity contribution in [3.63, 3.8) is 0 Å². The molecule has 0 aromatic carbocycles. The van der Waals surface area contributed by atoms with Crippen molar-refractivity contribution in [1.82, 2.24) is 0 Å². The van der Waals surface area contributed by atoms with Crippen molar-refractivity contribution in [3.05, 3.63) is 24.3 Å². The molecule has 0 saturated heterocycles. The van der Waals surface area contributed by atoms with E-state index in [9.17, 15) is 19.0 Å². The first-order valence-electron chi connectivity index (χ1n) is 19.4. The molecule has 288 valence electrons. The number of carboxylic acids is 1. The molecule has 0 aliphatic heterocycles. The van der Waals surface area contributed by atoms with Crippen LogP contribution in [0.4, 0.5) is 0 Å². The van der Waals surface area contributed by atoms with Gasteiger partial charge in [-0.15, -0.1) is 0 Å². The summed E-state index contributed by atoms with van der Waals surface area (Å²) in [6.07, 6.45) is 35.1. The summed E-state index contributed by atoms with van der Waals surface area (Å²) in [5, 5.41) is 8.86. The van der Waals surface area contributed by atoms with Gasteiger partial charge in [-0.25, -0.2) is 4.57 Å². The summed E-state index contributed by atoms with van der Waals surface area (Å²) in [4.78, 5) is 33.4. The quantitative estimate of drug-likeness (QED) is 0.0245. The average molecular weight is 718 g/mol. The molecule has 0 aromatic heterocycles. The number of allylic oxidation sites excluding steroid dienone is 4. The average Bonchev–Trinajstić information content (AvgIpc) is 3.07. The van der Waals surface area contributed by atoms with E-state index < -0.39 is 45.1 Å². The van der Waals surface area contributed by atoms with Gasteiger partial charge in [0.2, 0.25) is 0 Å². The van der Waals surface area contributed by atoms with Crippen molar-refractivity contribution >= 4 is 19.8 Å². The first-order valence-corrected chi connectivity index (χ1v) is 20.9. The fourth-order valence-corrected chi connectivity index (χ4v) is 5.94. The fourth-order valence-electron chi connectivity index (χ4n) is 5.16. The second kappa shape index (κ2) is 34.9. The van der Waals surface area contributed by atoms with E-state index in [1.807, 2.05) is 0 Å². The van der Waals surface area contributed by atoms with Gasteiger partial charge in [0, 0.05) is 13.0 Å². The number of rotatable bonds is 37. The molecule has 0 fully saturated rings. The first kappa shape index (κ1) is 47.4. The molecule has 4 N–H and O–H groups in total. The number of esters is 1. The predicted octanol–water partition coefficient (Wildman–Crippen LogP) is 9.97. The Hall–Kier alpha value is -1.55.